The van der Waals surface area contributed by atoms with Gasteiger partial charge in [0.2, 0.25) is 0 Å². The minimum absolute atomic E-state index is 0.0592. The zero-order valence-electron chi connectivity index (χ0n) is 12.9. The van der Waals surface area contributed by atoms with E-state index in [0.717, 1.165) is 16.7 Å². The van der Waals surface area contributed by atoms with Gasteiger partial charge in [0.15, 0.2) is 5.58 Å². The predicted octanol–water partition coefficient (Wildman–Crippen LogP) is 3.67. The Hall–Kier alpha value is -2.49. The van der Waals surface area contributed by atoms with Crippen molar-refractivity contribution in [2.24, 2.45) is 5.92 Å². The summed E-state index contributed by atoms with van der Waals surface area (Å²) in [5.41, 5.74) is 3.47. The summed E-state index contributed by atoms with van der Waals surface area (Å²) in [4.78, 5) is 12.5. The molecule has 0 radical (unpaired) electrons. The first-order valence-corrected chi connectivity index (χ1v) is 7.54. The van der Waals surface area contributed by atoms with Gasteiger partial charge in [0, 0.05) is 25.2 Å². The van der Waals surface area contributed by atoms with E-state index in [0.29, 0.717) is 24.7 Å². The highest BCUT2D eigenvalue weighted by Gasteiger charge is 2.17. The van der Waals surface area contributed by atoms with Gasteiger partial charge in [-0.3, -0.25) is 4.79 Å². The molecule has 4 nitrogen and oxygen atoms in total. The Morgan fingerprint density at radius 2 is 2.00 bits per heavy atom. The number of furan rings is 1. The summed E-state index contributed by atoms with van der Waals surface area (Å²) in [6.07, 6.45) is 1.65. The van der Waals surface area contributed by atoms with Crippen molar-refractivity contribution in [1.82, 2.24) is 9.88 Å². The molecule has 0 unspecified atom stereocenters. The maximum Gasteiger partial charge on any atom is 0.268 e. The van der Waals surface area contributed by atoms with Crippen LogP contribution in [-0.4, -0.2) is 17.0 Å². The lowest BCUT2D eigenvalue weighted by Crippen LogP contribution is -2.29. The Labute approximate surface area is 129 Å². The topological polar surface area (TPSA) is 47.2 Å². The largest absolute Gasteiger partial charge is 0.463 e. The molecule has 0 aliphatic heterocycles. The van der Waals surface area contributed by atoms with Crippen LogP contribution < -0.4 is 5.32 Å². The third-order valence-corrected chi connectivity index (χ3v) is 3.61. The second-order valence-electron chi connectivity index (χ2n) is 5.88. The van der Waals surface area contributed by atoms with E-state index >= 15 is 0 Å². The fourth-order valence-corrected chi connectivity index (χ4v) is 2.49. The Morgan fingerprint density at radius 1 is 1.23 bits per heavy atom. The van der Waals surface area contributed by atoms with Crippen LogP contribution in [0.3, 0.4) is 0 Å². The highest BCUT2D eigenvalue weighted by atomic mass is 16.3. The van der Waals surface area contributed by atoms with E-state index in [4.69, 9.17) is 4.42 Å². The van der Waals surface area contributed by atoms with Crippen LogP contribution in [-0.2, 0) is 6.54 Å². The lowest BCUT2D eigenvalue weighted by Gasteiger charge is -2.11. The monoisotopic (exact) mass is 296 g/mol. The summed E-state index contributed by atoms with van der Waals surface area (Å²) < 4.78 is 7.46. The molecule has 3 rings (SSSR count). The molecule has 0 saturated heterocycles. The van der Waals surface area contributed by atoms with Gasteiger partial charge in [0.25, 0.3) is 5.91 Å². The first-order chi connectivity index (χ1) is 10.6. The fourth-order valence-electron chi connectivity index (χ4n) is 2.49. The zero-order valence-corrected chi connectivity index (χ0v) is 12.9. The van der Waals surface area contributed by atoms with Gasteiger partial charge < -0.3 is 14.3 Å². The predicted molar refractivity (Wildman–Crippen MR) is 86.9 cm³/mol. The number of carbonyl (C=O) groups is 1. The number of fused-ring (bicyclic) bond motifs is 1. The molecule has 3 aromatic rings. The van der Waals surface area contributed by atoms with Gasteiger partial charge in [-0.05, 0) is 11.5 Å². The van der Waals surface area contributed by atoms with Crippen LogP contribution in [0.25, 0.3) is 11.1 Å². The summed E-state index contributed by atoms with van der Waals surface area (Å²) in [6, 6.07) is 13.8. The number of nitrogens with zero attached hydrogens (tertiary/aromatic N) is 1. The van der Waals surface area contributed by atoms with E-state index in [2.05, 4.69) is 31.3 Å². The van der Waals surface area contributed by atoms with Crippen molar-refractivity contribution in [3.05, 3.63) is 60.0 Å². The van der Waals surface area contributed by atoms with Crippen molar-refractivity contribution < 1.29 is 9.21 Å². The smallest absolute Gasteiger partial charge is 0.268 e. The minimum atomic E-state index is -0.0592. The molecule has 0 aliphatic carbocycles. The number of hydrogen-bond donors (Lipinski definition) is 1. The number of aromatic nitrogens is 1. The van der Waals surface area contributed by atoms with Gasteiger partial charge in [-0.25, -0.2) is 0 Å². The number of rotatable bonds is 5. The molecule has 4 heteroatoms. The molecule has 2 aromatic heterocycles. The second kappa shape index (κ2) is 6.10. The van der Waals surface area contributed by atoms with E-state index in [1.54, 1.807) is 6.26 Å². The molecule has 1 aromatic carbocycles. The van der Waals surface area contributed by atoms with Crippen molar-refractivity contribution in [2.45, 2.75) is 20.4 Å². The maximum absolute atomic E-state index is 12.5. The third kappa shape index (κ3) is 2.91. The summed E-state index contributed by atoms with van der Waals surface area (Å²) in [5.74, 6) is 0.362. The second-order valence-corrected chi connectivity index (χ2v) is 5.88. The molecular formula is C18H20N2O2. The van der Waals surface area contributed by atoms with Gasteiger partial charge in [0.1, 0.15) is 5.69 Å². The van der Waals surface area contributed by atoms with Gasteiger partial charge >= 0.3 is 0 Å². The SMILES string of the molecule is CC(C)CNC(=O)c1cc2occc2n1Cc1ccccc1. The first-order valence-electron chi connectivity index (χ1n) is 7.54. The molecule has 0 fully saturated rings. The normalized spacial score (nSPS) is 11.2. The van der Waals surface area contributed by atoms with Crippen molar-refractivity contribution in [3.8, 4) is 0 Å². The molecule has 0 saturated carbocycles. The van der Waals surface area contributed by atoms with Gasteiger partial charge in [-0.15, -0.1) is 0 Å². The van der Waals surface area contributed by atoms with Crippen molar-refractivity contribution in [3.63, 3.8) is 0 Å². The fraction of sp³-hybridized carbons (Fsp3) is 0.278. The molecule has 1 N–H and O–H groups in total. The lowest BCUT2D eigenvalue weighted by atomic mass is 10.2. The summed E-state index contributed by atoms with van der Waals surface area (Å²) in [5, 5.41) is 2.97. The average molecular weight is 296 g/mol. The van der Waals surface area contributed by atoms with Crippen molar-refractivity contribution >= 4 is 17.0 Å². The van der Waals surface area contributed by atoms with E-state index in [-0.39, 0.29) is 5.91 Å². The Balaban J connectivity index is 1.94. The molecule has 0 atom stereocenters. The van der Waals surface area contributed by atoms with E-state index in [1.807, 2.05) is 34.9 Å². The number of carbonyl (C=O) groups excluding carboxylic acids is 1. The Bertz CT molecular complexity index is 769. The van der Waals surface area contributed by atoms with Gasteiger partial charge in [0.05, 0.1) is 11.8 Å². The Morgan fingerprint density at radius 3 is 2.73 bits per heavy atom. The highest BCUT2D eigenvalue weighted by Crippen LogP contribution is 2.22. The number of benzene rings is 1. The maximum atomic E-state index is 12.5. The van der Waals surface area contributed by atoms with Crippen molar-refractivity contribution in [2.75, 3.05) is 6.54 Å². The van der Waals surface area contributed by atoms with E-state index in [1.165, 1.54) is 0 Å². The lowest BCUT2D eigenvalue weighted by molar-refractivity contribution is 0.0940. The molecule has 0 spiro atoms. The molecule has 114 valence electrons. The van der Waals surface area contributed by atoms with E-state index in [9.17, 15) is 4.79 Å². The zero-order chi connectivity index (χ0) is 15.5. The standard InChI is InChI=1S/C18H20N2O2/c1-13(2)11-19-18(21)16-10-17-15(8-9-22-17)20(16)12-14-6-4-3-5-7-14/h3-10,13H,11-12H2,1-2H3,(H,19,21). The van der Waals surface area contributed by atoms with Crippen LogP contribution in [0.5, 0.6) is 0 Å². The number of nitrogens with one attached hydrogen (secondary N) is 1. The van der Waals surface area contributed by atoms with Crippen LogP contribution >= 0.6 is 0 Å². The molecule has 0 aliphatic rings. The number of hydrogen-bond acceptors (Lipinski definition) is 2. The highest BCUT2D eigenvalue weighted by molar-refractivity contribution is 5.97. The molecule has 22 heavy (non-hydrogen) atoms. The Kier molecular flexibility index (Phi) is 4.00. The van der Waals surface area contributed by atoms with Gasteiger partial charge in [-0.2, -0.15) is 0 Å². The summed E-state index contributed by atoms with van der Waals surface area (Å²) in [6.45, 7) is 5.47. The van der Waals surface area contributed by atoms with Crippen LogP contribution in [0.4, 0.5) is 0 Å². The molecule has 0 bridgehead atoms. The molecular weight excluding hydrogens is 276 g/mol. The van der Waals surface area contributed by atoms with E-state index < -0.39 is 0 Å². The molecule has 2 heterocycles. The quantitative estimate of drug-likeness (QED) is 0.781. The van der Waals surface area contributed by atoms with Crippen LogP contribution in [0.15, 0.2) is 53.1 Å². The first kappa shape index (κ1) is 14.4. The van der Waals surface area contributed by atoms with Crippen LogP contribution in [0.2, 0.25) is 0 Å². The summed E-state index contributed by atoms with van der Waals surface area (Å²) in [7, 11) is 0. The van der Waals surface area contributed by atoms with Gasteiger partial charge in [-0.1, -0.05) is 44.2 Å². The molecule has 1 amide bonds. The number of amides is 1. The van der Waals surface area contributed by atoms with Crippen molar-refractivity contribution in [1.29, 1.82) is 0 Å². The third-order valence-electron chi connectivity index (χ3n) is 3.61. The van der Waals surface area contributed by atoms with Crippen LogP contribution in [0, 0.1) is 5.92 Å². The minimum Gasteiger partial charge on any atom is -0.463 e. The van der Waals surface area contributed by atoms with Crippen LogP contribution in [0.1, 0.15) is 29.9 Å². The average Bonchev–Trinajstić information content (AvgIpc) is 3.08. The summed E-state index contributed by atoms with van der Waals surface area (Å²) >= 11 is 0.